The Hall–Kier alpha value is -2.66. The molecule has 124 valence electrons. The van der Waals surface area contributed by atoms with E-state index in [9.17, 15) is 0 Å². The van der Waals surface area contributed by atoms with E-state index in [1.807, 2.05) is 12.1 Å². The highest BCUT2D eigenvalue weighted by Crippen LogP contribution is 2.00. The molecule has 0 aliphatic carbocycles. The maximum atomic E-state index is 9.00. The van der Waals surface area contributed by atoms with Crippen LogP contribution in [0.25, 0.3) is 0 Å². The van der Waals surface area contributed by atoms with Crippen molar-refractivity contribution in [3.8, 4) is 0 Å². The van der Waals surface area contributed by atoms with Crippen molar-refractivity contribution in [3.05, 3.63) is 71.8 Å². The molecule has 0 aromatic heterocycles. The van der Waals surface area contributed by atoms with Crippen molar-refractivity contribution in [1.29, 1.82) is 0 Å². The second-order valence-corrected chi connectivity index (χ2v) is 4.61. The van der Waals surface area contributed by atoms with Crippen LogP contribution in [0.1, 0.15) is 25.0 Å². The number of hydrogen-bond donors (Lipinski definition) is 3. The number of rotatable bonds is 4. The quantitative estimate of drug-likeness (QED) is 0.806. The normalized spacial score (nSPS) is 8.78. The van der Waals surface area contributed by atoms with Crippen molar-refractivity contribution in [3.63, 3.8) is 0 Å². The zero-order valence-corrected chi connectivity index (χ0v) is 13.4. The molecule has 2 aromatic carbocycles. The van der Waals surface area contributed by atoms with Crippen molar-refractivity contribution >= 4 is 11.9 Å². The molecule has 5 heteroatoms. The Balaban J connectivity index is 0.000000509. The van der Waals surface area contributed by atoms with E-state index in [0.29, 0.717) is 0 Å². The summed E-state index contributed by atoms with van der Waals surface area (Å²) in [6.45, 7) is 4.02. The van der Waals surface area contributed by atoms with Crippen LogP contribution in [-0.2, 0) is 22.7 Å². The molecular weight excluding hydrogens is 294 g/mol. The van der Waals surface area contributed by atoms with Crippen molar-refractivity contribution in [2.75, 3.05) is 0 Å². The van der Waals surface area contributed by atoms with Crippen molar-refractivity contribution in [1.82, 2.24) is 5.32 Å². The van der Waals surface area contributed by atoms with Crippen molar-refractivity contribution in [2.45, 2.75) is 26.9 Å². The van der Waals surface area contributed by atoms with Gasteiger partial charge in [-0.25, -0.2) is 0 Å². The van der Waals surface area contributed by atoms with Crippen LogP contribution in [0, 0.1) is 0 Å². The third-order valence-electron chi connectivity index (χ3n) is 2.34. The lowest BCUT2D eigenvalue weighted by Gasteiger charge is -2.04. The predicted octanol–water partition coefficient (Wildman–Crippen LogP) is 3.16. The van der Waals surface area contributed by atoms with E-state index < -0.39 is 11.9 Å². The Morgan fingerprint density at radius 3 is 1.26 bits per heavy atom. The van der Waals surface area contributed by atoms with Gasteiger partial charge in [-0.05, 0) is 11.1 Å². The Morgan fingerprint density at radius 2 is 1.00 bits per heavy atom. The van der Waals surface area contributed by atoms with E-state index in [1.165, 1.54) is 11.1 Å². The first-order valence-corrected chi connectivity index (χ1v) is 7.09. The number of hydrogen-bond acceptors (Lipinski definition) is 3. The smallest absolute Gasteiger partial charge is 0.300 e. The molecule has 0 saturated heterocycles. The van der Waals surface area contributed by atoms with Gasteiger partial charge in [-0.1, -0.05) is 60.7 Å². The Labute approximate surface area is 136 Å². The second-order valence-electron chi connectivity index (χ2n) is 4.61. The SMILES string of the molecule is CC(=O)O.CC(=O)O.c1ccc(CNCc2ccccc2)cc1. The van der Waals surface area contributed by atoms with Crippen LogP contribution in [0.5, 0.6) is 0 Å². The molecule has 0 fully saturated rings. The van der Waals surface area contributed by atoms with Crippen LogP contribution in [0.15, 0.2) is 60.7 Å². The molecule has 0 heterocycles. The van der Waals surface area contributed by atoms with Gasteiger partial charge in [0.15, 0.2) is 0 Å². The van der Waals surface area contributed by atoms with Gasteiger partial charge in [-0.3, -0.25) is 9.59 Å². The number of carbonyl (C=O) groups is 2. The molecule has 0 atom stereocenters. The van der Waals surface area contributed by atoms with Gasteiger partial charge in [0.1, 0.15) is 0 Å². The van der Waals surface area contributed by atoms with Crippen LogP contribution in [0.4, 0.5) is 0 Å². The van der Waals surface area contributed by atoms with E-state index in [-0.39, 0.29) is 0 Å². The highest BCUT2D eigenvalue weighted by atomic mass is 16.4. The van der Waals surface area contributed by atoms with Crippen molar-refractivity contribution < 1.29 is 19.8 Å². The molecule has 0 saturated carbocycles. The summed E-state index contributed by atoms with van der Waals surface area (Å²) in [5.41, 5.74) is 2.65. The minimum absolute atomic E-state index is 0.833. The number of aliphatic carboxylic acids is 2. The summed E-state index contributed by atoms with van der Waals surface area (Å²) >= 11 is 0. The lowest BCUT2D eigenvalue weighted by molar-refractivity contribution is -0.135. The maximum absolute atomic E-state index is 9.00. The predicted molar refractivity (Wildman–Crippen MR) is 90.0 cm³/mol. The fourth-order valence-corrected chi connectivity index (χ4v) is 1.54. The van der Waals surface area contributed by atoms with Gasteiger partial charge in [-0.2, -0.15) is 0 Å². The average Bonchev–Trinajstić information content (AvgIpc) is 2.48. The fraction of sp³-hybridized carbons (Fsp3) is 0.222. The molecule has 0 unspecified atom stereocenters. The summed E-state index contributed by atoms with van der Waals surface area (Å²) in [5.74, 6) is -1.67. The molecule has 0 spiro atoms. The van der Waals surface area contributed by atoms with Crippen LogP contribution in [-0.4, -0.2) is 22.2 Å². The first-order valence-electron chi connectivity index (χ1n) is 7.09. The Kier molecular flexibility index (Phi) is 11.5. The number of carboxylic acid groups (broad SMARTS) is 2. The first-order chi connectivity index (χ1) is 10.9. The largest absolute Gasteiger partial charge is 0.481 e. The third kappa shape index (κ3) is 15.5. The molecule has 23 heavy (non-hydrogen) atoms. The monoisotopic (exact) mass is 317 g/mol. The number of nitrogens with one attached hydrogen (secondary N) is 1. The second kappa shape index (κ2) is 13.0. The van der Waals surface area contributed by atoms with Gasteiger partial charge in [0, 0.05) is 26.9 Å². The first kappa shape index (κ1) is 20.3. The zero-order valence-electron chi connectivity index (χ0n) is 13.4. The molecule has 2 aromatic rings. The minimum Gasteiger partial charge on any atom is -0.481 e. The highest BCUT2D eigenvalue weighted by molar-refractivity contribution is 5.63. The van der Waals surface area contributed by atoms with Gasteiger partial charge >= 0.3 is 0 Å². The van der Waals surface area contributed by atoms with Gasteiger partial charge in [-0.15, -0.1) is 0 Å². The molecule has 0 amide bonds. The van der Waals surface area contributed by atoms with E-state index in [4.69, 9.17) is 19.8 Å². The standard InChI is InChI=1S/C14H15N.2C2H4O2/c1-3-7-13(8-4-1)11-15-12-14-9-5-2-6-10-14;2*1-2(3)4/h1-10,15H,11-12H2;2*1H3,(H,3,4). The lowest BCUT2D eigenvalue weighted by Crippen LogP contribution is -2.12. The molecular formula is C18H23NO4. The highest BCUT2D eigenvalue weighted by Gasteiger charge is 1.92. The topological polar surface area (TPSA) is 86.6 Å². The summed E-state index contributed by atoms with van der Waals surface area (Å²) in [7, 11) is 0. The van der Waals surface area contributed by atoms with E-state index in [0.717, 1.165) is 26.9 Å². The summed E-state index contributed by atoms with van der Waals surface area (Å²) in [6, 6.07) is 20.9. The molecule has 3 N–H and O–H groups in total. The van der Waals surface area contributed by atoms with Gasteiger partial charge in [0.2, 0.25) is 0 Å². The fourth-order valence-electron chi connectivity index (χ4n) is 1.54. The summed E-state index contributed by atoms with van der Waals surface area (Å²) in [4.78, 5) is 18.0. The number of carboxylic acids is 2. The van der Waals surface area contributed by atoms with Crippen LogP contribution < -0.4 is 5.32 Å². The van der Waals surface area contributed by atoms with E-state index in [2.05, 4.69) is 53.8 Å². The minimum atomic E-state index is -0.833. The summed E-state index contributed by atoms with van der Waals surface area (Å²) in [6.07, 6.45) is 0. The third-order valence-corrected chi connectivity index (χ3v) is 2.34. The molecule has 2 rings (SSSR count). The molecule has 5 nitrogen and oxygen atoms in total. The molecule has 0 bridgehead atoms. The Bertz CT molecular complexity index is 496. The van der Waals surface area contributed by atoms with Crippen molar-refractivity contribution in [2.24, 2.45) is 0 Å². The van der Waals surface area contributed by atoms with Crippen LogP contribution in [0.2, 0.25) is 0 Å². The Morgan fingerprint density at radius 1 is 0.739 bits per heavy atom. The zero-order chi connectivity index (χ0) is 17.5. The van der Waals surface area contributed by atoms with Gasteiger partial charge < -0.3 is 15.5 Å². The maximum Gasteiger partial charge on any atom is 0.300 e. The molecule has 0 aliphatic heterocycles. The lowest BCUT2D eigenvalue weighted by atomic mass is 10.2. The van der Waals surface area contributed by atoms with Gasteiger partial charge in [0.05, 0.1) is 0 Å². The van der Waals surface area contributed by atoms with Crippen LogP contribution in [0.3, 0.4) is 0 Å². The molecule has 0 aliphatic rings. The van der Waals surface area contributed by atoms with E-state index >= 15 is 0 Å². The van der Waals surface area contributed by atoms with E-state index in [1.54, 1.807) is 0 Å². The number of benzene rings is 2. The summed E-state index contributed by atoms with van der Waals surface area (Å²) < 4.78 is 0. The van der Waals surface area contributed by atoms with Gasteiger partial charge in [0.25, 0.3) is 11.9 Å². The van der Waals surface area contributed by atoms with Crippen LogP contribution >= 0.6 is 0 Å². The summed E-state index contributed by atoms with van der Waals surface area (Å²) in [5, 5.41) is 18.3. The average molecular weight is 317 g/mol. The molecule has 0 radical (unpaired) electrons.